The number of hydrogen-bond acceptors (Lipinski definition) is 3. The van der Waals surface area contributed by atoms with E-state index in [9.17, 15) is 0 Å². The predicted molar refractivity (Wildman–Crippen MR) is 62.3 cm³/mol. The van der Waals surface area contributed by atoms with Gasteiger partial charge in [0.05, 0.1) is 24.9 Å². The number of rotatable bonds is 3. The molecule has 0 heterocycles. The number of nitrogens with zero attached hydrogens (tertiary/aromatic N) is 1. The van der Waals surface area contributed by atoms with Crippen molar-refractivity contribution in [3.8, 4) is 11.8 Å². The van der Waals surface area contributed by atoms with Gasteiger partial charge in [0.1, 0.15) is 11.8 Å². The lowest BCUT2D eigenvalue weighted by Gasteiger charge is -2.19. The van der Waals surface area contributed by atoms with E-state index >= 15 is 0 Å². The number of nitriles is 1. The van der Waals surface area contributed by atoms with E-state index in [1.54, 1.807) is 19.2 Å². The van der Waals surface area contributed by atoms with Crippen LogP contribution in [0.3, 0.4) is 0 Å². The first-order valence-corrected chi connectivity index (χ1v) is 5.17. The van der Waals surface area contributed by atoms with Crippen LogP contribution in [0.4, 0.5) is 0 Å². The third-order valence-corrected chi connectivity index (χ3v) is 2.06. The van der Waals surface area contributed by atoms with E-state index in [0.717, 1.165) is 5.56 Å². The molecule has 3 nitrogen and oxygen atoms in total. The van der Waals surface area contributed by atoms with Crippen molar-refractivity contribution in [2.75, 3.05) is 7.11 Å². The molecule has 0 saturated heterocycles. The van der Waals surface area contributed by atoms with Gasteiger partial charge in [0.2, 0.25) is 0 Å². The highest BCUT2D eigenvalue weighted by Crippen LogP contribution is 2.20. The van der Waals surface area contributed by atoms with Gasteiger partial charge in [-0.1, -0.05) is 6.07 Å². The van der Waals surface area contributed by atoms with Crippen molar-refractivity contribution in [2.45, 2.75) is 33.0 Å². The Balaban J connectivity index is 2.81. The summed E-state index contributed by atoms with van der Waals surface area (Å²) in [5.41, 5.74) is 1.34. The molecule has 1 aromatic carbocycles. The molecule has 16 heavy (non-hydrogen) atoms. The molecule has 0 atom stereocenters. The smallest absolute Gasteiger partial charge is 0.136 e. The number of benzene rings is 1. The van der Waals surface area contributed by atoms with Gasteiger partial charge in [-0.15, -0.1) is 0 Å². The summed E-state index contributed by atoms with van der Waals surface area (Å²) in [7, 11) is 1.56. The second-order valence-corrected chi connectivity index (χ2v) is 4.55. The van der Waals surface area contributed by atoms with Crippen molar-refractivity contribution < 1.29 is 9.47 Å². The van der Waals surface area contributed by atoms with Crippen LogP contribution in [0.25, 0.3) is 0 Å². The van der Waals surface area contributed by atoms with E-state index in [4.69, 9.17) is 14.7 Å². The Labute approximate surface area is 96.6 Å². The summed E-state index contributed by atoms with van der Waals surface area (Å²) in [6.45, 7) is 6.51. The average molecular weight is 219 g/mol. The summed E-state index contributed by atoms with van der Waals surface area (Å²) in [6, 6.07) is 7.60. The molecule has 0 aliphatic heterocycles. The molecule has 0 aromatic heterocycles. The highest BCUT2D eigenvalue weighted by Gasteiger charge is 2.11. The maximum absolute atomic E-state index is 8.93. The Morgan fingerprint density at radius 1 is 1.31 bits per heavy atom. The first-order valence-electron chi connectivity index (χ1n) is 5.17. The normalized spacial score (nSPS) is 10.9. The van der Waals surface area contributed by atoms with Crippen LogP contribution in [0.1, 0.15) is 31.9 Å². The predicted octanol–water partition coefficient (Wildman–Crippen LogP) is 2.88. The molecule has 3 heteroatoms. The lowest BCUT2D eigenvalue weighted by molar-refractivity contribution is -0.0149. The van der Waals surface area contributed by atoms with Gasteiger partial charge in [0, 0.05) is 0 Å². The molecule has 0 radical (unpaired) electrons. The first-order chi connectivity index (χ1) is 7.46. The van der Waals surface area contributed by atoms with E-state index < -0.39 is 0 Å². The largest absolute Gasteiger partial charge is 0.495 e. The molecule has 0 N–H and O–H groups in total. The monoisotopic (exact) mass is 219 g/mol. The molecule has 0 aliphatic rings. The topological polar surface area (TPSA) is 42.2 Å². The van der Waals surface area contributed by atoms with Crippen molar-refractivity contribution in [3.05, 3.63) is 29.3 Å². The van der Waals surface area contributed by atoms with Crippen LogP contribution in [0.2, 0.25) is 0 Å². The molecular formula is C13H17NO2. The Bertz CT molecular complexity index is 399. The van der Waals surface area contributed by atoms with Gasteiger partial charge in [-0.05, 0) is 38.5 Å². The zero-order valence-corrected chi connectivity index (χ0v) is 10.2. The molecule has 86 valence electrons. The first kappa shape index (κ1) is 12.5. The summed E-state index contributed by atoms with van der Waals surface area (Å²) in [4.78, 5) is 0. The van der Waals surface area contributed by atoms with Crippen LogP contribution in [-0.4, -0.2) is 12.7 Å². The highest BCUT2D eigenvalue weighted by molar-refractivity contribution is 5.45. The quantitative estimate of drug-likeness (QED) is 0.785. The molecule has 1 rings (SSSR count). The summed E-state index contributed by atoms with van der Waals surface area (Å²) in [6.07, 6.45) is 0. The van der Waals surface area contributed by atoms with Crippen LogP contribution < -0.4 is 4.74 Å². The van der Waals surface area contributed by atoms with E-state index in [-0.39, 0.29) is 5.60 Å². The number of methoxy groups -OCH3 is 1. The minimum atomic E-state index is -0.174. The number of ether oxygens (including phenoxy) is 2. The minimum Gasteiger partial charge on any atom is -0.495 e. The molecule has 0 saturated carbocycles. The van der Waals surface area contributed by atoms with Crippen LogP contribution in [0.5, 0.6) is 5.75 Å². The van der Waals surface area contributed by atoms with Crippen molar-refractivity contribution in [1.82, 2.24) is 0 Å². The summed E-state index contributed by atoms with van der Waals surface area (Å²) in [5, 5.41) is 8.93. The zero-order valence-electron chi connectivity index (χ0n) is 10.2. The number of hydrogen-bond donors (Lipinski definition) is 0. The lowest BCUT2D eigenvalue weighted by Crippen LogP contribution is -2.18. The van der Waals surface area contributed by atoms with Crippen LogP contribution in [0, 0.1) is 11.3 Å². The van der Waals surface area contributed by atoms with Gasteiger partial charge < -0.3 is 9.47 Å². The van der Waals surface area contributed by atoms with Gasteiger partial charge in [0.25, 0.3) is 0 Å². The van der Waals surface area contributed by atoms with E-state index in [2.05, 4.69) is 6.07 Å². The van der Waals surface area contributed by atoms with Gasteiger partial charge in [0.15, 0.2) is 0 Å². The SMILES string of the molecule is COc1ccc(COC(C)(C)C)cc1C#N. The fourth-order valence-corrected chi connectivity index (χ4v) is 1.23. The Morgan fingerprint density at radius 3 is 2.50 bits per heavy atom. The maximum Gasteiger partial charge on any atom is 0.136 e. The molecule has 0 bridgehead atoms. The van der Waals surface area contributed by atoms with Crippen LogP contribution >= 0.6 is 0 Å². The van der Waals surface area contributed by atoms with Crippen molar-refractivity contribution in [3.63, 3.8) is 0 Å². The van der Waals surface area contributed by atoms with Crippen LogP contribution in [-0.2, 0) is 11.3 Å². The molecule has 0 amide bonds. The zero-order chi connectivity index (χ0) is 12.2. The van der Waals surface area contributed by atoms with Gasteiger partial charge in [-0.2, -0.15) is 5.26 Å². The summed E-state index contributed by atoms with van der Waals surface area (Å²) in [5.74, 6) is 0.599. The molecular weight excluding hydrogens is 202 g/mol. The van der Waals surface area contributed by atoms with Crippen molar-refractivity contribution >= 4 is 0 Å². The maximum atomic E-state index is 8.93. The molecule has 0 aliphatic carbocycles. The molecule has 0 unspecified atom stereocenters. The third kappa shape index (κ3) is 3.56. The van der Waals surface area contributed by atoms with Crippen molar-refractivity contribution in [1.29, 1.82) is 5.26 Å². The third-order valence-electron chi connectivity index (χ3n) is 2.06. The molecule has 0 fully saturated rings. The van der Waals surface area contributed by atoms with E-state index in [1.165, 1.54) is 0 Å². The molecule has 1 aromatic rings. The second-order valence-electron chi connectivity index (χ2n) is 4.55. The fraction of sp³-hybridized carbons (Fsp3) is 0.462. The highest BCUT2D eigenvalue weighted by atomic mass is 16.5. The minimum absolute atomic E-state index is 0.174. The van der Waals surface area contributed by atoms with Crippen molar-refractivity contribution in [2.24, 2.45) is 0 Å². The Morgan fingerprint density at radius 2 is 2.00 bits per heavy atom. The van der Waals surface area contributed by atoms with Crippen LogP contribution in [0.15, 0.2) is 18.2 Å². The standard InChI is InChI=1S/C13H17NO2/c1-13(2,3)16-9-10-5-6-12(15-4)11(7-10)8-14/h5-7H,9H2,1-4H3. The average Bonchev–Trinajstić information content (AvgIpc) is 2.25. The van der Waals surface area contributed by atoms with E-state index in [0.29, 0.717) is 17.9 Å². The summed E-state index contributed by atoms with van der Waals surface area (Å²) < 4.78 is 10.7. The lowest BCUT2D eigenvalue weighted by atomic mass is 10.1. The Kier molecular flexibility index (Phi) is 3.92. The van der Waals surface area contributed by atoms with Gasteiger partial charge in [-0.3, -0.25) is 0 Å². The van der Waals surface area contributed by atoms with E-state index in [1.807, 2.05) is 26.8 Å². The fourth-order valence-electron chi connectivity index (χ4n) is 1.23. The second kappa shape index (κ2) is 5.00. The van der Waals surface area contributed by atoms with Gasteiger partial charge >= 0.3 is 0 Å². The van der Waals surface area contributed by atoms with Gasteiger partial charge in [-0.25, -0.2) is 0 Å². The summed E-state index contributed by atoms with van der Waals surface area (Å²) >= 11 is 0. The Hall–Kier alpha value is -1.53. The molecule has 0 spiro atoms.